The van der Waals surface area contributed by atoms with Gasteiger partial charge in [0.1, 0.15) is 5.69 Å². The molecule has 128 valence electrons. The molecule has 1 fully saturated rings. The van der Waals surface area contributed by atoms with Crippen LogP contribution < -0.4 is 4.90 Å². The minimum Gasteiger partial charge on any atom is -0.350 e. The summed E-state index contributed by atoms with van der Waals surface area (Å²) in [5, 5.41) is 15.7. The minimum absolute atomic E-state index is 0.102. The molecule has 0 atom stereocenters. The first kappa shape index (κ1) is 15.5. The average Bonchev–Trinajstić information content (AvgIpc) is 2.90. The molecule has 1 aliphatic heterocycles. The number of rotatable bonds is 4. The van der Waals surface area contributed by atoms with E-state index < -0.39 is 0 Å². The molecule has 4 rings (SSSR count). The van der Waals surface area contributed by atoms with Gasteiger partial charge in [-0.3, -0.25) is 15.1 Å². The van der Waals surface area contributed by atoms with E-state index in [1.54, 1.807) is 17.8 Å². The van der Waals surface area contributed by atoms with Gasteiger partial charge in [0.2, 0.25) is 5.82 Å². The fraction of sp³-hybridized carbons (Fsp3) is 0.353. The van der Waals surface area contributed by atoms with E-state index >= 15 is 0 Å². The standard InChI is InChI=1S/C17H18N6O2/c1-3-22-17(16(23(24)25)11(2)20-22)21-9-12(10-21)15-8-18-13-6-4-5-7-14(13)19-15/h4-8,12H,3,9-10H2,1-2H3. The van der Waals surface area contributed by atoms with Crippen LogP contribution in [0, 0.1) is 17.0 Å². The normalized spacial score (nSPS) is 14.7. The summed E-state index contributed by atoms with van der Waals surface area (Å²) in [5.74, 6) is 0.812. The van der Waals surface area contributed by atoms with Crippen molar-refractivity contribution in [2.24, 2.45) is 0 Å². The van der Waals surface area contributed by atoms with Crippen molar-refractivity contribution >= 4 is 22.5 Å². The topological polar surface area (TPSA) is 90.0 Å². The largest absolute Gasteiger partial charge is 0.350 e. The van der Waals surface area contributed by atoms with Gasteiger partial charge >= 0.3 is 5.69 Å². The van der Waals surface area contributed by atoms with Gasteiger partial charge in [-0.2, -0.15) is 5.10 Å². The van der Waals surface area contributed by atoms with Crippen LogP contribution in [0.3, 0.4) is 0 Å². The molecule has 25 heavy (non-hydrogen) atoms. The van der Waals surface area contributed by atoms with Crippen LogP contribution in [-0.4, -0.2) is 37.8 Å². The third kappa shape index (κ3) is 2.50. The van der Waals surface area contributed by atoms with Crippen LogP contribution in [0.5, 0.6) is 0 Å². The second-order valence-corrected chi connectivity index (χ2v) is 6.22. The molecule has 1 aliphatic rings. The Hall–Kier alpha value is -3.03. The smallest absolute Gasteiger partial charge is 0.333 e. The lowest BCUT2D eigenvalue weighted by Gasteiger charge is -2.39. The predicted octanol–water partition coefficient (Wildman–Crippen LogP) is 2.67. The highest BCUT2D eigenvalue weighted by Crippen LogP contribution is 2.38. The van der Waals surface area contributed by atoms with Gasteiger partial charge in [-0.05, 0) is 26.0 Å². The lowest BCUT2D eigenvalue weighted by molar-refractivity contribution is -0.384. The quantitative estimate of drug-likeness (QED) is 0.536. The Morgan fingerprint density at radius 3 is 2.68 bits per heavy atom. The molecule has 0 bridgehead atoms. The number of nitrogens with zero attached hydrogens (tertiary/aromatic N) is 6. The summed E-state index contributed by atoms with van der Waals surface area (Å²) in [7, 11) is 0. The van der Waals surface area contributed by atoms with Crippen LogP contribution in [0.2, 0.25) is 0 Å². The van der Waals surface area contributed by atoms with Gasteiger partial charge in [-0.1, -0.05) is 12.1 Å². The number of aromatic nitrogens is 4. The molecule has 1 aromatic carbocycles. The van der Waals surface area contributed by atoms with E-state index in [0.717, 1.165) is 16.7 Å². The van der Waals surface area contributed by atoms with Crippen molar-refractivity contribution in [3.8, 4) is 0 Å². The summed E-state index contributed by atoms with van der Waals surface area (Å²) < 4.78 is 1.70. The molecular weight excluding hydrogens is 320 g/mol. The lowest BCUT2D eigenvalue weighted by atomic mass is 9.96. The summed E-state index contributed by atoms with van der Waals surface area (Å²) in [6.45, 7) is 5.57. The van der Waals surface area contributed by atoms with E-state index in [2.05, 4.69) is 15.1 Å². The van der Waals surface area contributed by atoms with Crippen molar-refractivity contribution in [3.05, 3.63) is 52.0 Å². The Morgan fingerprint density at radius 2 is 2.00 bits per heavy atom. The van der Waals surface area contributed by atoms with Crippen molar-refractivity contribution < 1.29 is 4.92 Å². The van der Waals surface area contributed by atoms with Crippen molar-refractivity contribution in [2.45, 2.75) is 26.3 Å². The van der Waals surface area contributed by atoms with Gasteiger partial charge in [0.05, 0.1) is 21.7 Å². The molecule has 2 aromatic heterocycles. The van der Waals surface area contributed by atoms with E-state index in [1.165, 1.54) is 0 Å². The molecule has 0 aliphatic carbocycles. The number of nitro groups is 1. The summed E-state index contributed by atoms with van der Waals surface area (Å²) in [5.41, 5.74) is 3.23. The molecule has 1 saturated heterocycles. The first-order chi connectivity index (χ1) is 12.1. The van der Waals surface area contributed by atoms with Crippen LogP contribution in [-0.2, 0) is 6.54 Å². The Kier molecular flexibility index (Phi) is 3.60. The number of benzene rings is 1. The van der Waals surface area contributed by atoms with Crippen LogP contribution in [0.25, 0.3) is 11.0 Å². The van der Waals surface area contributed by atoms with Gasteiger partial charge in [-0.25, -0.2) is 9.67 Å². The Labute approximate surface area is 144 Å². The SMILES string of the molecule is CCn1nc(C)c([N+](=O)[O-])c1N1CC(c2cnc3ccccc3n2)C1. The van der Waals surface area contributed by atoms with Gasteiger partial charge in [0, 0.05) is 31.7 Å². The zero-order valence-electron chi connectivity index (χ0n) is 14.1. The summed E-state index contributed by atoms with van der Waals surface area (Å²) in [4.78, 5) is 22.2. The monoisotopic (exact) mass is 338 g/mol. The number of fused-ring (bicyclic) bond motifs is 1. The maximum atomic E-state index is 11.4. The van der Waals surface area contributed by atoms with E-state index in [9.17, 15) is 10.1 Å². The van der Waals surface area contributed by atoms with Crippen LogP contribution in [0.1, 0.15) is 24.2 Å². The van der Waals surface area contributed by atoms with E-state index in [-0.39, 0.29) is 16.5 Å². The molecule has 0 radical (unpaired) electrons. The highest BCUT2D eigenvalue weighted by atomic mass is 16.6. The van der Waals surface area contributed by atoms with Crippen molar-refractivity contribution in [2.75, 3.05) is 18.0 Å². The molecule has 0 amide bonds. The molecule has 0 saturated carbocycles. The number of hydrogen-bond acceptors (Lipinski definition) is 6. The molecular formula is C17H18N6O2. The molecule has 8 heteroatoms. The van der Waals surface area contributed by atoms with Crippen LogP contribution >= 0.6 is 0 Å². The fourth-order valence-electron chi connectivity index (χ4n) is 3.31. The Morgan fingerprint density at radius 1 is 1.28 bits per heavy atom. The fourth-order valence-corrected chi connectivity index (χ4v) is 3.31. The highest BCUT2D eigenvalue weighted by Gasteiger charge is 2.37. The Bertz CT molecular complexity index is 961. The number of hydrogen-bond donors (Lipinski definition) is 0. The van der Waals surface area contributed by atoms with Crippen LogP contribution in [0.15, 0.2) is 30.5 Å². The van der Waals surface area contributed by atoms with Gasteiger partial charge in [-0.15, -0.1) is 0 Å². The number of aryl methyl sites for hydroxylation is 2. The maximum absolute atomic E-state index is 11.4. The molecule has 3 aromatic rings. The summed E-state index contributed by atoms with van der Waals surface area (Å²) in [6.07, 6.45) is 1.81. The van der Waals surface area contributed by atoms with Crippen LogP contribution in [0.4, 0.5) is 11.5 Å². The van der Waals surface area contributed by atoms with Crippen molar-refractivity contribution in [1.82, 2.24) is 19.7 Å². The zero-order chi connectivity index (χ0) is 17.6. The minimum atomic E-state index is -0.340. The predicted molar refractivity (Wildman–Crippen MR) is 93.8 cm³/mol. The van der Waals surface area contributed by atoms with Gasteiger partial charge < -0.3 is 4.90 Å². The van der Waals surface area contributed by atoms with E-state index in [1.807, 2.05) is 36.1 Å². The second kappa shape index (κ2) is 5.80. The molecule has 0 spiro atoms. The summed E-state index contributed by atoms with van der Waals surface area (Å²) in [6, 6.07) is 7.77. The Balaban J connectivity index is 1.60. The van der Waals surface area contributed by atoms with Gasteiger partial charge in [0.25, 0.3) is 0 Å². The molecule has 0 unspecified atom stereocenters. The molecule has 8 nitrogen and oxygen atoms in total. The van der Waals surface area contributed by atoms with E-state index in [4.69, 9.17) is 0 Å². The number of para-hydroxylation sites is 2. The third-order valence-corrected chi connectivity index (χ3v) is 4.62. The lowest BCUT2D eigenvalue weighted by Crippen LogP contribution is -2.46. The first-order valence-electron chi connectivity index (χ1n) is 8.27. The first-order valence-corrected chi connectivity index (χ1v) is 8.27. The van der Waals surface area contributed by atoms with Crippen molar-refractivity contribution in [1.29, 1.82) is 0 Å². The maximum Gasteiger partial charge on any atom is 0.333 e. The molecule has 3 heterocycles. The average molecular weight is 338 g/mol. The summed E-state index contributed by atoms with van der Waals surface area (Å²) >= 11 is 0. The third-order valence-electron chi connectivity index (χ3n) is 4.62. The molecule has 0 N–H and O–H groups in total. The second-order valence-electron chi connectivity index (χ2n) is 6.22. The highest BCUT2D eigenvalue weighted by molar-refractivity contribution is 5.73. The van der Waals surface area contributed by atoms with E-state index in [0.29, 0.717) is 31.1 Å². The number of anilines is 1. The van der Waals surface area contributed by atoms with Gasteiger partial charge in [0.15, 0.2) is 0 Å². The zero-order valence-corrected chi connectivity index (χ0v) is 14.1. The van der Waals surface area contributed by atoms with Crippen molar-refractivity contribution in [3.63, 3.8) is 0 Å².